The number of ether oxygens (including phenoxy) is 1. The van der Waals surface area contributed by atoms with E-state index in [-0.39, 0.29) is 6.10 Å². The third-order valence-corrected chi connectivity index (χ3v) is 3.09. The molecule has 12 heavy (non-hydrogen) atoms. The van der Waals surface area contributed by atoms with Gasteiger partial charge in [0.25, 0.3) is 10.2 Å². The number of methoxy groups -OCH3 is 1. The molecule has 0 unspecified atom stereocenters. The maximum Gasteiger partial charge on any atom is 0.276 e. The Bertz CT molecular complexity index is 239. The van der Waals surface area contributed by atoms with Gasteiger partial charge < -0.3 is 4.74 Å². The highest BCUT2D eigenvalue weighted by Gasteiger charge is 2.25. The summed E-state index contributed by atoms with van der Waals surface area (Å²) >= 11 is 0. The molecule has 0 aromatic heterocycles. The fourth-order valence-electron chi connectivity index (χ4n) is 1.33. The summed E-state index contributed by atoms with van der Waals surface area (Å²) in [5.74, 6) is 0. The van der Waals surface area contributed by atoms with Crippen molar-refractivity contribution in [3.63, 3.8) is 0 Å². The van der Waals surface area contributed by atoms with Gasteiger partial charge in [0.1, 0.15) is 0 Å². The Hall–Kier alpha value is -0.170. The molecule has 6 heteroatoms. The van der Waals surface area contributed by atoms with Crippen molar-refractivity contribution in [2.75, 3.05) is 20.2 Å². The van der Waals surface area contributed by atoms with E-state index in [9.17, 15) is 8.42 Å². The third kappa shape index (κ3) is 2.41. The molecule has 72 valence electrons. The van der Waals surface area contributed by atoms with Crippen molar-refractivity contribution in [3.05, 3.63) is 0 Å². The van der Waals surface area contributed by atoms with Gasteiger partial charge in [0.05, 0.1) is 6.10 Å². The summed E-state index contributed by atoms with van der Waals surface area (Å²) < 4.78 is 28.1. The summed E-state index contributed by atoms with van der Waals surface area (Å²) in [6.07, 6.45) is 1.72. The van der Waals surface area contributed by atoms with Gasteiger partial charge in [-0.3, -0.25) is 0 Å². The first-order valence-corrected chi connectivity index (χ1v) is 5.35. The lowest BCUT2D eigenvalue weighted by Crippen LogP contribution is -2.45. The maximum absolute atomic E-state index is 10.9. The Morgan fingerprint density at radius 1 is 1.58 bits per heavy atom. The van der Waals surface area contributed by atoms with Crippen LogP contribution < -0.4 is 5.14 Å². The molecular weight excluding hydrogens is 180 g/mol. The second-order valence-corrected chi connectivity index (χ2v) is 4.45. The largest absolute Gasteiger partial charge is 0.380 e. The SMILES string of the molecule is CO[C@@H]1CCCN(S(N)(=O)=O)C1. The van der Waals surface area contributed by atoms with Gasteiger partial charge >= 0.3 is 0 Å². The van der Waals surface area contributed by atoms with Gasteiger partial charge in [-0.15, -0.1) is 0 Å². The van der Waals surface area contributed by atoms with Gasteiger partial charge in [-0.1, -0.05) is 0 Å². The zero-order valence-electron chi connectivity index (χ0n) is 7.06. The second kappa shape index (κ2) is 3.69. The monoisotopic (exact) mass is 194 g/mol. The molecular formula is C6H14N2O3S. The molecule has 0 bridgehead atoms. The van der Waals surface area contributed by atoms with E-state index < -0.39 is 10.2 Å². The van der Waals surface area contributed by atoms with Crippen LogP contribution in [0.1, 0.15) is 12.8 Å². The van der Waals surface area contributed by atoms with Crippen LogP contribution in [-0.4, -0.2) is 39.0 Å². The molecule has 0 aromatic rings. The van der Waals surface area contributed by atoms with Crippen LogP contribution in [0, 0.1) is 0 Å². The van der Waals surface area contributed by atoms with Gasteiger partial charge in [-0.2, -0.15) is 12.7 Å². The first-order valence-electron chi connectivity index (χ1n) is 3.84. The smallest absolute Gasteiger partial charge is 0.276 e. The fraction of sp³-hybridized carbons (Fsp3) is 1.00. The lowest BCUT2D eigenvalue weighted by molar-refractivity contribution is 0.0572. The van der Waals surface area contributed by atoms with Gasteiger partial charge in [0, 0.05) is 20.2 Å². The average molecular weight is 194 g/mol. The van der Waals surface area contributed by atoms with E-state index >= 15 is 0 Å². The Labute approximate surface area is 72.7 Å². The molecule has 0 spiro atoms. The van der Waals surface area contributed by atoms with Crippen LogP contribution in [0.25, 0.3) is 0 Å². The molecule has 0 amide bonds. The van der Waals surface area contributed by atoms with E-state index in [1.54, 1.807) is 7.11 Å². The number of nitrogens with zero attached hydrogens (tertiary/aromatic N) is 1. The van der Waals surface area contributed by atoms with E-state index in [0.717, 1.165) is 12.8 Å². The van der Waals surface area contributed by atoms with Crippen LogP contribution in [0.2, 0.25) is 0 Å². The molecule has 0 aliphatic carbocycles. The second-order valence-electron chi connectivity index (χ2n) is 2.90. The van der Waals surface area contributed by atoms with Gasteiger partial charge in [0.2, 0.25) is 0 Å². The fourth-order valence-corrected chi connectivity index (χ4v) is 2.09. The maximum atomic E-state index is 10.9. The van der Waals surface area contributed by atoms with Crippen molar-refractivity contribution in [2.45, 2.75) is 18.9 Å². The lowest BCUT2D eigenvalue weighted by atomic mass is 10.1. The summed E-state index contributed by atoms with van der Waals surface area (Å²) in [6, 6.07) is 0. The Kier molecular flexibility index (Phi) is 3.05. The average Bonchev–Trinajstić information content (AvgIpc) is 2.03. The number of piperidine rings is 1. The minimum Gasteiger partial charge on any atom is -0.380 e. The molecule has 5 nitrogen and oxygen atoms in total. The summed E-state index contributed by atoms with van der Waals surface area (Å²) in [6.45, 7) is 0.897. The van der Waals surface area contributed by atoms with E-state index in [1.807, 2.05) is 0 Å². The molecule has 1 fully saturated rings. The summed E-state index contributed by atoms with van der Waals surface area (Å²) in [4.78, 5) is 0. The van der Waals surface area contributed by atoms with Crippen LogP contribution in [0.15, 0.2) is 0 Å². The van der Waals surface area contributed by atoms with E-state index in [1.165, 1.54) is 4.31 Å². The van der Waals surface area contributed by atoms with Gasteiger partial charge in [0.15, 0.2) is 0 Å². The highest BCUT2D eigenvalue weighted by molar-refractivity contribution is 7.86. The number of rotatable bonds is 2. The molecule has 1 saturated heterocycles. The summed E-state index contributed by atoms with van der Waals surface area (Å²) in [7, 11) is -1.93. The summed E-state index contributed by atoms with van der Waals surface area (Å²) in [5, 5.41) is 4.97. The number of hydrogen-bond acceptors (Lipinski definition) is 3. The van der Waals surface area contributed by atoms with Crippen LogP contribution >= 0.6 is 0 Å². The van der Waals surface area contributed by atoms with Gasteiger partial charge in [-0.25, -0.2) is 5.14 Å². The zero-order chi connectivity index (χ0) is 9.19. The molecule has 1 atom stereocenters. The van der Waals surface area contributed by atoms with Crippen LogP contribution in [0.3, 0.4) is 0 Å². The molecule has 0 saturated carbocycles. The normalized spacial score (nSPS) is 27.3. The van der Waals surface area contributed by atoms with Crippen LogP contribution in [-0.2, 0) is 14.9 Å². The highest BCUT2D eigenvalue weighted by atomic mass is 32.2. The predicted molar refractivity (Wildman–Crippen MR) is 44.7 cm³/mol. The molecule has 1 rings (SSSR count). The molecule has 2 N–H and O–H groups in total. The molecule has 1 aliphatic rings. The van der Waals surface area contributed by atoms with Crippen molar-refractivity contribution in [2.24, 2.45) is 5.14 Å². The molecule has 1 heterocycles. The van der Waals surface area contributed by atoms with E-state index in [4.69, 9.17) is 9.88 Å². The first kappa shape index (κ1) is 9.91. The standard InChI is InChI=1S/C6H14N2O3S/c1-11-6-3-2-4-8(5-6)12(7,9)10/h6H,2-5H2,1H3,(H2,7,9,10)/t6-/m1/s1. The minimum absolute atomic E-state index is 0.00271. The Morgan fingerprint density at radius 2 is 2.25 bits per heavy atom. The van der Waals surface area contributed by atoms with Crippen molar-refractivity contribution in [3.8, 4) is 0 Å². The van der Waals surface area contributed by atoms with Crippen molar-refractivity contribution >= 4 is 10.2 Å². The molecule has 0 aromatic carbocycles. The van der Waals surface area contributed by atoms with Crippen LogP contribution in [0.5, 0.6) is 0 Å². The molecule has 1 aliphatic heterocycles. The Balaban J connectivity index is 2.58. The Morgan fingerprint density at radius 3 is 2.75 bits per heavy atom. The van der Waals surface area contributed by atoms with E-state index in [2.05, 4.69) is 0 Å². The number of nitrogens with two attached hydrogens (primary N) is 1. The number of hydrogen-bond donors (Lipinski definition) is 1. The quantitative estimate of drug-likeness (QED) is 0.632. The van der Waals surface area contributed by atoms with Crippen molar-refractivity contribution < 1.29 is 13.2 Å². The van der Waals surface area contributed by atoms with Crippen molar-refractivity contribution in [1.82, 2.24) is 4.31 Å². The zero-order valence-corrected chi connectivity index (χ0v) is 7.88. The third-order valence-electron chi connectivity index (χ3n) is 2.03. The lowest BCUT2D eigenvalue weighted by Gasteiger charge is -2.29. The van der Waals surface area contributed by atoms with E-state index in [0.29, 0.717) is 13.1 Å². The highest BCUT2D eigenvalue weighted by Crippen LogP contribution is 2.13. The molecule has 0 radical (unpaired) electrons. The predicted octanol–water partition coefficient (Wildman–Crippen LogP) is -0.699. The van der Waals surface area contributed by atoms with Crippen LogP contribution in [0.4, 0.5) is 0 Å². The topological polar surface area (TPSA) is 72.6 Å². The van der Waals surface area contributed by atoms with Crippen molar-refractivity contribution in [1.29, 1.82) is 0 Å². The van der Waals surface area contributed by atoms with Gasteiger partial charge in [-0.05, 0) is 12.8 Å². The first-order chi connectivity index (χ1) is 5.54. The minimum atomic E-state index is -3.52. The summed E-state index contributed by atoms with van der Waals surface area (Å²) in [5.41, 5.74) is 0.